The number of piperidine rings is 1. The van der Waals surface area contributed by atoms with E-state index in [-0.39, 0.29) is 17.4 Å². The molecule has 0 radical (unpaired) electrons. The molecule has 2 amide bonds. The van der Waals surface area contributed by atoms with Crippen molar-refractivity contribution < 1.29 is 32.6 Å². The molecule has 3 N–H and O–H groups in total. The molecule has 2 atom stereocenters. The molecule has 3 rings (SSSR count). The number of benzene rings is 2. The van der Waals surface area contributed by atoms with Crippen LogP contribution in [-0.2, 0) is 24.3 Å². The topological polar surface area (TPSA) is 142 Å². The average molecular weight is 520 g/mol. The van der Waals surface area contributed by atoms with E-state index in [1.165, 1.54) is 12.1 Å². The number of nitrogens with zero attached hydrogens (tertiary/aromatic N) is 1. The molecule has 10 nitrogen and oxygen atoms in total. The van der Waals surface area contributed by atoms with E-state index in [9.17, 15) is 27.9 Å². The predicted octanol–water partition coefficient (Wildman–Crippen LogP) is 2.72. The van der Waals surface area contributed by atoms with Gasteiger partial charge in [0, 0.05) is 19.6 Å². The summed E-state index contributed by atoms with van der Waals surface area (Å²) < 4.78 is 33.6. The van der Waals surface area contributed by atoms with Gasteiger partial charge >= 0.3 is 12.1 Å². The SMILES string of the molecule is CC(C)(C)OC(=O)N1CCC[C@@H](CNC(=O)[C@@H](CC(=O)O)NS(=O)(=O)c2ccc3ccccc3c2)C1. The van der Waals surface area contributed by atoms with Crippen molar-refractivity contribution >= 4 is 38.8 Å². The lowest BCUT2D eigenvalue weighted by molar-refractivity contribution is -0.139. The van der Waals surface area contributed by atoms with Gasteiger partial charge < -0.3 is 20.1 Å². The number of fused-ring (bicyclic) bond motifs is 1. The average Bonchev–Trinajstić information content (AvgIpc) is 2.80. The molecule has 0 unspecified atom stereocenters. The van der Waals surface area contributed by atoms with Gasteiger partial charge in [0.15, 0.2) is 0 Å². The summed E-state index contributed by atoms with van der Waals surface area (Å²) in [7, 11) is -4.17. The Morgan fingerprint density at radius 1 is 1.14 bits per heavy atom. The highest BCUT2D eigenvalue weighted by Gasteiger charge is 2.31. The van der Waals surface area contributed by atoms with Crippen molar-refractivity contribution in [2.75, 3.05) is 19.6 Å². The summed E-state index contributed by atoms with van der Waals surface area (Å²) in [6.45, 7) is 6.45. The van der Waals surface area contributed by atoms with Crippen LogP contribution in [0.4, 0.5) is 4.79 Å². The van der Waals surface area contributed by atoms with Gasteiger partial charge in [-0.25, -0.2) is 13.2 Å². The molecule has 0 bridgehead atoms. The molecule has 196 valence electrons. The fraction of sp³-hybridized carbons (Fsp3) is 0.480. The number of carboxylic acids is 1. The molecule has 2 aromatic rings. The maximum absolute atomic E-state index is 13.0. The Morgan fingerprint density at radius 2 is 1.83 bits per heavy atom. The van der Waals surface area contributed by atoms with Crippen LogP contribution in [0, 0.1) is 5.92 Å². The van der Waals surface area contributed by atoms with Crippen LogP contribution in [0.3, 0.4) is 0 Å². The molecule has 0 saturated carbocycles. The molecule has 0 aliphatic carbocycles. The third kappa shape index (κ3) is 7.66. The van der Waals surface area contributed by atoms with Crippen molar-refractivity contribution in [3.8, 4) is 0 Å². The Labute approximate surface area is 211 Å². The van der Waals surface area contributed by atoms with Crippen molar-refractivity contribution in [1.29, 1.82) is 0 Å². The lowest BCUT2D eigenvalue weighted by Gasteiger charge is -2.34. The lowest BCUT2D eigenvalue weighted by Crippen LogP contribution is -2.50. The molecule has 11 heteroatoms. The maximum Gasteiger partial charge on any atom is 0.410 e. The van der Waals surface area contributed by atoms with E-state index in [2.05, 4.69) is 10.0 Å². The normalized spacial score (nSPS) is 17.4. The number of carbonyl (C=O) groups excluding carboxylic acids is 2. The number of hydrogen-bond donors (Lipinski definition) is 3. The lowest BCUT2D eigenvalue weighted by atomic mass is 9.98. The van der Waals surface area contributed by atoms with Crippen LogP contribution in [0.5, 0.6) is 0 Å². The zero-order valence-electron chi connectivity index (χ0n) is 20.7. The standard InChI is InChI=1S/C25H33N3O7S/c1-25(2,3)35-24(32)28-12-6-7-17(16-28)15-26-23(31)21(14-22(29)30)27-36(33,34)20-11-10-18-8-4-5-9-19(18)13-20/h4-5,8-11,13,17,21,27H,6-7,12,14-16H2,1-3H3,(H,26,31)(H,29,30)/t17-,21+/m0/s1. The summed E-state index contributed by atoms with van der Waals surface area (Å²) in [5, 5.41) is 13.5. The third-order valence-corrected chi connectivity index (χ3v) is 7.23. The van der Waals surface area contributed by atoms with Gasteiger partial charge in [-0.3, -0.25) is 9.59 Å². The second kappa shape index (κ2) is 11.3. The Morgan fingerprint density at radius 3 is 2.50 bits per heavy atom. The van der Waals surface area contributed by atoms with Crippen LogP contribution in [-0.4, -0.2) is 67.7 Å². The minimum absolute atomic E-state index is 0.0651. The van der Waals surface area contributed by atoms with Gasteiger partial charge in [-0.1, -0.05) is 30.3 Å². The van der Waals surface area contributed by atoms with Crippen LogP contribution in [0.1, 0.15) is 40.0 Å². The molecule has 1 aliphatic rings. The molecule has 1 heterocycles. The van der Waals surface area contributed by atoms with Gasteiger partial charge in [0.2, 0.25) is 15.9 Å². The highest BCUT2D eigenvalue weighted by Crippen LogP contribution is 2.21. The van der Waals surface area contributed by atoms with Crippen molar-refractivity contribution in [2.45, 2.75) is 56.6 Å². The van der Waals surface area contributed by atoms with Crippen molar-refractivity contribution in [2.24, 2.45) is 5.92 Å². The van der Waals surface area contributed by atoms with E-state index in [1.807, 2.05) is 12.1 Å². The molecular weight excluding hydrogens is 486 g/mol. The second-order valence-corrected chi connectivity index (χ2v) is 11.7. The van der Waals surface area contributed by atoms with Gasteiger partial charge in [0.25, 0.3) is 0 Å². The Bertz CT molecular complexity index is 1220. The highest BCUT2D eigenvalue weighted by molar-refractivity contribution is 7.89. The number of rotatable bonds is 8. The van der Waals surface area contributed by atoms with E-state index in [1.54, 1.807) is 43.9 Å². The van der Waals surface area contributed by atoms with E-state index in [0.29, 0.717) is 18.5 Å². The molecule has 36 heavy (non-hydrogen) atoms. The number of ether oxygens (including phenoxy) is 1. The quantitative estimate of drug-likeness (QED) is 0.487. The summed E-state index contributed by atoms with van der Waals surface area (Å²) in [5.74, 6) is -2.13. The minimum Gasteiger partial charge on any atom is -0.481 e. The maximum atomic E-state index is 13.0. The van der Waals surface area contributed by atoms with E-state index < -0.39 is 46.1 Å². The van der Waals surface area contributed by atoms with Crippen LogP contribution in [0.2, 0.25) is 0 Å². The molecule has 1 aliphatic heterocycles. The molecule has 1 fully saturated rings. The molecule has 1 saturated heterocycles. The monoisotopic (exact) mass is 519 g/mol. The minimum atomic E-state index is -4.17. The number of amides is 2. The Kier molecular flexibility index (Phi) is 8.57. The van der Waals surface area contributed by atoms with Gasteiger partial charge in [-0.15, -0.1) is 0 Å². The van der Waals surface area contributed by atoms with Crippen LogP contribution < -0.4 is 10.0 Å². The first-order valence-corrected chi connectivity index (χ1v) is 13.3. The molecule has 2 aromatic carbocycles. The summed E-state index contributed by atoms with van der Waals surface area (Å²) in [4.78, 5) is 38.1. The summed E-state index contributed by atoms with van der Waals surface area (Å²) in [6, 6.07) is 10.3. The van der Waals surface area contributed by atoms with Gasteiger partial charge in [0.1, 0.15) is 11.6 Å². The van der Waals surface area contributed by atoms with Crippen molar-refractivity contribution in [3.63, 3.8) is 0 Å². The zero-order chi connectivity index (χ0) is 26.5. The van der Waals surface area contributed by atoms with E-state index in [4.69, 9.17) is 4.74 Å². The summed E-state index contributed by atoms with van der Waals surface area (Å²) in [6.07, 6.45) is 0.345. The Balaban J connectivity index is 1.65. The molecular formula is C25H33N3O7S. The fourth-order valence-corrected chi connectivity index (χ4v) is 5.27. The van der Waals surface area contributed by atoms with Gasteiger partial charge in [-0.05, 0) is 62.4 Å². The van der Waals surface area contributed by atoms with E-state index in [0.717, 1.165) is 18.2 Å². The third-order valence-electron chi connectivity index (χ3n) is 5.76. The summed E-state index contributed by atoms with van der Waals surface area (Å²) in [5.41, 5.74) is -0.621. The fourth-order valence-electron chi connectivity index (χ4n) is 4.04. The number of carboxylic acid groups (broad SMARTS) is 1. The van der Waals surface area contributed by atoms with Gasteiger partial charge in [0.05, 0.1) is 11.3 Å². The number of likely N-dealkylation sites (tertiary alicyclic amines) is 1. The molecule has 0 aromatic heterocycles. The van der Waals surface area contributed by atoms with Gasteiger partial charge in [-0.2, -0.15) is 4.72 Å². The number of sulfonamides is 1. The first-order valence-electron chi connectivity index (χ1n) is 11.8. The van der Waals surface area contributed by atoms with E-state index >= 15 is 0 Å². The van der Waals surface area contributed by atoms with Crippen molar-refractivity contribution in [1.82, 2.24) is 14.9 Å². The largest absolute Gasteiger partial charge is 0.481 e. The first-order chi connectivity index (χ1) is 16.8. The zero-order valence-corrected chi connectivity index (χ0v) is 21.5. The van der Waals surface area contributed by atoms with Crippen LogP contribution in [0.25, 0.3) is 10.8 Å². The smallest absolute Gasteiger partial charge is 0.410 e. The first kappa shape index (κ1) is 27.4. The molecule has 0 spiro atoms. The second-order valence-electron chi connectivity index (χ2n) is 9.96. The predicted molar refractivity (Wildman–Crippen MR) is 134 cm³/mol. The Hall–Kier alpha value is -3.18. The summed E-state index contributed by atoms with van der Waals surface area (Å²) >= 11 is 0. The van der Waals surface area contributed by atoms with Crippen LogP contribution >= 0.6 is 0 Å². The number of aliphatic carboxylic acids is 1. The van der Waals surface area contributed by atoms with Crippen molar-refractivity contribution in [3.05, 3.63) is 42.5 Å². The number of carbonyl (C=O) groups is 3. The van der Waals surface area contributed by atoms with Crippen LogP contribution in [0.15, 0.2) is 47.4 Å². The number of nitrogens with one attached hydrogen (secondary N) is 2. The number of hydrogen-bond acceptors (Lipinski definition) is 6. The highest BCUT2D eigenvalue weighted by atomic mass is 32.2.